The second-order valence-electron chi connectivity index (χ2n) is 4.74. The van der Waals surface area contributed by atoms with E-state index < -0.39 is 6.61 Å². The first kappa shape index (κ1) is 15.9. The Hall–Kier alpha value is -1.46. The van der Waals surface area contributed by atoms with Gasteiger partial charge in [-0.2, -0.15) is 8.78 Å². The van der Waals surface area contributed by atoms with Crippen LogP contribution in [-0.4, -0.2) is 13.2 Å². The summed E-state index contributed by atoms with van der Waals surface area (Å²) in [5.74, 6) is 0.228. The second-order valence-corrected chi connectivity index (χ2v) is 5.86. The Bertz CT molecular complexity index is 571. The van der Waals surface area contributed by atoms with Crippen LogP contribution < -0.4 is 10.1 Å². The molecule has 0 spiro atoms. The molecule has 0 saturated heterocycles. The molecule has 1 atom stereocenters. The molecule has 1 N–H and O–H groups in total. The van der Waals surface area contributed by atoms with Crippen LogP contribution in [0.25, 0.3) is 0 Å². The Labute approximate surface area is 127 Å². The molecular weight excluding hydrogens is 292 g/mol. The Morgan fingerprint density at radius 2 is 1.95 bits per heavy atom. The minimum absolute atomic E-state index is 0.133. The van der Waals surface area contributed by atoms with E-state index in [1.54, 1.807) is 23.5 Å². The molecule has 0 aliphatic heterocycles. The fraction of sp³-hybridized carbons (Fsp3) is 0.375. The number of benzene rings is 1. The highest BCUT2D eigenvalue weighted by atomic mass is 32.1. The quantitative estimate of drug-likeness (QED) is 0.797. The smallest absolute Gasteiger partial charge is 0.387 e. The summed E-state index contributed by atoms with van der Waals surface area (Å²) in [6.45, 7) is 2.10. The largest absolute Gasteiger partial charge is 0.434 e. The lowest BCUT2D eigenvalue weighted by molar-refractivity contribution is -0.0506. The van der Waals surface area contributed by atoms with Crippen LogP contribution in [0.4, 0.5) is 8.78 Å². The minimum atomic E-state index is -2.82. The monoisotopic (exact) mass is 311 g/mol. The van der Waals surface area contributed by atoms with E-state index >= 15 is 0 Å². The molecule has 0 radical (unpaired) electrons. The van der Waals surface area contributed by atoms with Gasteiger partial charge in [-0.1, -0.05) is 25.1 Å². The van der Waals surface area contributed by atoms with Gasteiger partial charge in [0.15, 0.2) is 0 Å². The van der Waals surface area contributed by atoms with E-state index in [1.807, 2.05) is 30.5 Å². The number of ether oxygens (including phenoxy) is 1. The molecule has 1 heterocycles. The van der Waals surface area contributed by atoms with Crippen LogP contribution in [0.2, 0.25) is 0 Å². The van der Waals surface area contributed by atoms with E-state index in [9.17, 15) is 8.78 Å². The molecule has 2 nitrogen and oxygen atoms in total. The maximum atomic E-state index is 12.6. The number of aryl methyl sites for hydroxylation is 1. The summed E-state index contributed by atoms with van der Waals surface area (Å²) in [5.41, 5.74) is 1.85. The predicted octanol–water partition coefficient (Wildman–Crippen LogP) is 4.75. The van der Waals surface area contributed by atoms with Gasteiger partial charge < -0.3 is 10.1 Å². The SMILES string of the molecule is CCCNC(c1ccccc1OC(F)F)c1ccsc1C. The number of hydrogen-bond acceptors (Lipinski definition) is 3. The van der Waals surface area contributed by atoms with Gasteiger partial charge >= 0.3 is 6.61 Å². The molecule has 1 unspecified atom stereocenters. The second kappa shape index (κ2) is 7.52. The van der Waals surface area contributed by atoms with E-state index in [0.717, 1.165) is 24.1 Å². The summed E-state index contributed by atoms with van der Waals surface area (Å²) in [6.07, 6.45) is 0.970. The minimum Gasteiger partial charge on any atom is -0.434 e. The molecule has 0 aliphatic rings. The number of alkyl halides is 2. The van der Waals surface area contributed by atoms with Gasteiger partial charge in [0, 0.05) is 10.4 Å². The van der Waals surface area contributed by atoms with E-state index in [2.05, 4.69) is 17.0 Å². The summed E-state index contributed by atoms with van der Waals surface area (Å²) in [5, 5.41) is 5.44. The van der Waals surface area contributed by atoms with Crippen LogP contribution in [0.5, 0.6) is 5.75 Å². The number of rotatable bonds is 7. The molecule has 2 aromatic rings. The van der Waals surface area contributed by atoms with Gasteiger partial charge in [-0.25, -0.2) is 0 Å². The van der Waals surface area contributed by atoms with Crippen LogP contribution in [0.1, 0.15) is 35.4 Å². The Balaban J connectivity index is 2.39. The lowest BCUT2D eigenvalue weighted by Crippen LogP contribution is -2.24. The van der Waals surface area contributed by atoms with Crippen molar-refractivity contribution in [1.29, 1.82) is 0 Å². The molecule has 114 valence electrons. The number of thiophene rings is 1. The van der Waals surface area contributed by atoms with Crippen molar-refractivity contribution in [3.63, 3.8) is 0 Å². The molecule has 0 bridgehead atoms. The summed E-state index contributed by atoms with van der Waals surface area (Å²) in [6, 6.07) is 8.87. The number of para-hydroxylation sites is 1. The van der Waals surface area contributed by atoms with Crippen molar-refractivity contribution in [3.8, 4) is 5.75 Å². The maximum Gasteiger partial charge on any atom is 0.387 e. The zero-order valence-corrected chi connectivity index (χ0v) is 12.9. The van der Waals surface area contributed by atoms with Gasteiger partial charge in [-0.05, 0) is 43.0 Å². The van der Waals surface area contributed by atoms with Gasteiger partial charge in [0.2, 0.25) is 0 Å². The Morgan fingerprint density at radius 3 is 2.57 bits per heavy atom. The first-order valence-corrected chi connectivity index (χ1v) is 7.82. The van der Waals surface area contributed by atoms with Crippen LogP contribution >= 0.6 is 11.3 Å². The lowest BCUT2D eigenvalue weighted by Gasteiger charge is -2.22. The summed E-state index contributed by atoms with van der Waals surface area (Å²) in [4.78, 5) is 1.18. The van der Waals surface area contributed by atoms with Gasteiger partial charge in [-0.15, -0.1) is 11.3 Å². The van der Waals surface area contributed by atoms with Crippen LogP contribution in [-0.2, 0) is 0 Å². The third kappa shape index (κ3) is 4.02. The van der Waals surface area contributed by atoms with Gasteiger partial charge in [-0.3, -0.25) is 0 Å². The molecular formula is C16H19F2NOS. The highest BCUT2D eigenvalue weighted by Gasteiger charge is 2.21. The van der Waals surface area contributed by atoms with E-state index in [0.29, 0.717) is 0 Å². The molecule has 2 rings (SSSR count). The normalized spacial score (nSPS) is 12.6. The maximum absolute atomic E-state index is 12.6. The van der Waals surface area contributed by atoms with Crippen molar-refractivity contribution in [1.82, 2.24) is 5.32 Å². The van der Waals surface area contributed by atoms with Gasteiger partial charge in [0.05, 0.1) is 6.04 Å². The molecule has 0 fully saturated rings. The van der Waals surface area contributed by atoms with Crippen molar-refractivity contribution < 1.29 is 13.5 Å². The van der Waals surface area contributed by atoms with Crippen molar-refractivity contribution in [2.45, 2.75) is 32.9 Å². The predicted molar refractivity (Wildman–Crippen MR) is 82.3 cm³/mol. The third-order valence-electron chi connectivity index (χ3n) is 3.25. The van der Waals surface area contributed by atoms with Crippen molar-refractivity contribution in [2.75, 3.05) is 6.54 Å². The third-order valence-corrected chi connectivity index (χ3v) is 4.12. The highest BCUT2D eigenvalue weighted by Crippen LogP contribution is 2.34. The fourth-order valence-corrected chi connectivity index (χ4v) is 3.03. The van der Waals surface area contributed by atoms with E-state index in [4.69, 9.17) is 0 Å². The average molecular weight is 311 g/mol. The summed E-state index contributed by atoms with van der Waals surface area (Å²) in [7, 11) is 0. The first-order valence-electron chi connectivity index (χ1n) is 6.94. The molecule has 0 amide bonds. The number of nitrogens with one attached hydrogen (secondary N) is 1. The van der Waals surface area contributed by atoms with Gasteiger partial charge in [0.25, 0.3) is 0 Å². The molecule has 21 heavy (non-hydrogen) atoms. The molecule has 1 aromatic carbocycles. The topological polar surface area (TPSA) is 21.3 Å². The zero-order chi connectivity index (χ0) is 15.2. The number of halogens is 2. The van der Waals surface area contributed by atoms with Crippen molar-refractivity contribution in [3.05, 3.63) is 51.7 Å². The van der Waals surface area contributed by atoms with Gasteiger partial charge in [0.1, 0.15) is 5.75 Å². The van der Waals surface area contributed by atoms with Crippen molar-refractivity contribution >= 4 is 11.3 Å². The molecule has 0 aliphatic carbocycles. The molecule has 1 aromatic heterocycles. The average Bonchev–Trinajstić information content (AvgIpc) is 2.87. The number of hydrogen-bond donors (Lipinski definition) is 1. The highest BCUT2D eigenvalue weighted by molar-refractivity contribution is 7.10. The van der Waals surface area contributed by atoms with Crippen LogP contribution in [0.3, 0.4) is 0 Å². The Morgan fingerprint density at radius 1 is 1.19 bits per heavy atom. The summed E-state index contributed by atoms with van der Waals surface area (Å²) >= 11 is 1.65. The van der Waals surface area contributed by atoms with E-state index in [1.165, 1.54) is 4.88 Å². The Kier molecular flexibility index (Phi) is 5.70. The standard InChI is InChI=1S/C16H19F2NOS/c1-3-9-19-15(12-8-10-21-11(12)2)13-6-4-5-7-14(13)20-16(17)18/h4-8,10,15-16,19H,3,9H2,1-2H3. The summed E-state index contributed by atoms with van der Waals surface area (Å²) < 4.78 is 29.9. The molecule has 0 saturated carbocycles. The van der Waals surface area contributed by atoms with Crippen LogP contribution in [0, 0.1) is 6.92 Å². The van der Waals surface area contributed by atoms with Crippen LogP contribution in [0.15, 0.2) is 35.7 Å². The first-order chi connectivity index (χ1) is 10.1. The lowest BCUT2D eigenvalue weighted by atomic mass is 9.98. The zero-order valence-electron chi connectivity index (χ0n) is 12.1. The fourth-order valence-electron chi connectivity index (χ4n) is 2.29. The van der Waals surface area contributed by atoms with E-state index in [-0.39, 0.29) is 11.8 Å². The molecule has 5 heteroatoms. The van der Waals surface area contributed by atoms with Crippen molar-refractivity contribution in [2.24, 2.45) is 0 Å².